The highest BCUT2D eigenvalue weighted by molar-refractivity contribution is 7.89. The van der Waals surface area contributed by atoms with Crippen molar-refractivity contribution in [1.82, 2.24) is 24.9 Å². The van der Waals surface area contributed by atoms with Gasteiger partial charge in [-0.1, -0.05) is 0 Å². The second kappa shape index (κ2) is 5.11. The molecule has 21 heavy (non-hydrogen) atoms. The normalized spacial score (nSPS) is 11.7. The summed E-state index contributed by atoms with van der Waals surface area (Å²) in [5, 5.41) is 10.5. The molecule has 9 heteroatoms. The highest BCUT2D eigenvalue weighted by Gasteiger charge is 2.11. The Hall–Kier alpha value is -2.52. The molecule has 0 aliphatic rings. The van der Waals surface area contributed by atoms with Gasteiger partial charge in [0.1, 0.15) is 12.1 Å². The van der Waals surface area contributed by atoms with Crippen LogP contribution in [0.3, 0.4) is 0 Å². The number of aromatic nitrogens is 4. The van der Waals surface area contributed by atoms with E-state index in [1.54, 1.807) is 18.3 Å². The molecule has 3 rings (SSSR count). The van der Waals surface area contributed by atoms with Crippen molar-refractivity contribution in [3.8, 4) is 0 Å². The van der Waals surface area contributed by atoms with Crippen molar-refractivity contribution in [2.45, 2.75) is 4.90 Å². The quantitative estimate of drug-likeness (QED) is 0.663. The van der Waals surface area contributed by atoms with Crippen LogP contribution in [0.2, 0.25) is 0 Å². The summed E-state index contributed by atoms with van der Waals surface area (Å²) >= 11 is 0. The van der Waals surface area contributed by atoms with Crippen LogP contribution in [0.25, 0.3) is 11.0 Å². The summed E-state index contributed by atoms with van der Waals surface area (Å²) in [6, 6.07) is 6.36. The highest BCUT2D eigenvalue weighted by atomic mass is 32.2. The van der Waals surface area contributed by atoms with Gasteiger partial charge in [-0.05, 0) is 31.3 Å². The Labute approximate surface area is 120 Å². The minimum Gasteiger partial charge on any atom is -0.340 e. The van der Waals surface area contributed by atoms with Crippen molar-refractivity contribution in [1.29, 1.82) is 0 Å². The van der Waals surface area contributed by atoms with E-state index in [1.165, 1.54) is 25.5 Å². The van der Waals surface area contributed by atoms with Gasteiger partial charge in [-0.25, -0.2) is 23.1 Å². The Morgan fingerprint density at radius 3 is 2.62 bits per heavy atom. The lowest BCUT2D eigenvalue weighted by Gasteiger charge is -2.07. The van der Waals surface area contributed by atoms with Crippen molar-refractivity contribution in [2.24, 2.45) is 0 Å². The molecule has 2 heterocycles. The molecular formula is C12H12N6O2S. The Balaban J connectivity index is 1.91. The molecular weight excluding hydrogens is 292 g/mol. The Morgan fingerprint density at radius 1 is 1.14 bits per heavy atom. The van der Waals surface area contributed by atoms with Crippen molar-refractivity contribution >= 4 is 32.6 Å². The zero-order chi connectivity index (χ0) is 14.9. The molecule has 0 saturated heterocycles. The maximum absolute atomic E-state index is 11.6. The lowest BCUT2D eigenvalue weighted by molar-refractivity contribution is 0.588. The number of benzene rings is 1. The summed E-state index contributed by atoms with van der Waals surface area (Å²) in [6.07, 6.45) is 3.04. The summed E-state index contributed by atoms with van der Waals surface area (Å²) in [4.78, 5) is 8.39. The summed E-state index contributed by atoms with van der Waals surface area (Å²) in [5.74, 6) is 0.595. The molecule has 0 saturated carbocycles. The minimum atomic E-state index is -3.43. The molecule has 1 aromatic carbocycles. The van der Waals surface area contributed by atoms with Crippen LogP contribution in [-0.4, -0.2) is 35.6 Å². The van der Waals surface area contributed by atoms with Gasteiger partial charge in [-0.3, -0.25) is 5.10 Å². The van der Waals surface area contributed by atoms with Crippen LogP contribution in [0.4, 0.5) is 11.5 Å². The molecule has 0 radical (unpaired) electrons. The maximum atomic E-state index is 11.6. The van der Waals surface area contributed by atoms with Crippen LogP contribution in [0.1, 0.15) is 0 Å². The molecule has 0 fully saturated rings. The van der Waals surface area contributed by atoms with E-state index in [0.29, 0.717) is 17.2 Å². The molecule has 0 bridgehead atoms. The van der Waals surface area contributed by atoms with E-state index in [2.05, 4.69) is 30.2 Å². The van der Waals surface area contributed by atoms with E-state index in [-0.39, 0.29) is 4.90 Å². The van der Waals surface area contributed by atoms with E-state index in [0.717, 1.165) is 5.39 Å². The molecule has 0 unspecified atom stereocenters. The lowest BCUT2D eigenvalue weighted by Crippen LogP contribution is -2.18. The first-order valence-electron chi connectivity index (χ1n) is 6.05. The molecule has 108 valence electrons. The van der Waals surface area contributed by atoms with Crippen LogP contribution in [0.5, 0.6) is 0 Å². The van der Waals surface area contributed by atoms with Crippen molar-refractivity contribution in [3.63, 3.8) is 0 Å². The SMILES string of the molecule is CNS(=O)(=O)c1ccc(Nc2ncnc3[nH]ncc23)cc1. The molecule has 0 atom stereocenters. The van der Waals surface area contributed by atoms with Gasteiger partial charge in [0.25, 0.3) is 0 Å². The van der Waals surface area contributed by atoms with Crippen LogP contribution in [0.15, 0.2) is 41.7 Å². The van der Waals surface area contributed by atoms with Gasteiger partial charge in [0.15, 0.2) is 5.65 Å². The number of H-pyrrole nitrogens is 1. The van der Waals surface area contributed by atoms with Gasteiger partial charge in [0.05, 0.1) is 16.5 Å². The van der Waals surface area contributed by atoms with E-state index in [9.17, 15) is 8.42 Å². The average molecular weight is 304 g/mol. The van der Waals surface area contributed by atoms with Gasteiger partial charge in [-0.15, -0.1) is 0 Å². The summed E-state index contributed by atoms with van der Waals surface area (Å²) in [7, 11) is -2.06. The summed E-state index contributed by atoms with van der Waals surface area (Å²) in [6.45, 7) is 0. The average Bonchev–Trinajstić information content (AvgIpc) is 2.97. The van der Waals surface area contributed by atoms with E-state index >= 15 is 0 Å². The fourth-order valence-electron chi connectivity index (χ4n) is 1.84. The number of anilines is 2. The van der Waals surface area contributed by atoms with Crippen molar-refractivity contribution in [2.75, 3.05) is 12.4 Å². The number of sulfonamides is 1. The Morgan fingerprint density at radius 2 is 1.90 bits per heavy atom. The second-order valence-corrected chi connectivity index (χ2v) is 6.10. The number of hydrogen-bond acceptors (Lipinski definition) is 6. The number of fused-ring (bicyclic) bond motifs is 1. The predicted octanol–water partition coefficient (Wildman–Crippen LogP) is 1.00. The zero-order valence-electron chi connectivity index (χ0n) is 11.0. The van der Waals surface area contributed by atoms with Gasteiger partial charge < -0.3 is 5.32 Å². The highest BCUT2D eigenvalue weighted by Crippen LogP contribution is 2.22. The largest absolute Gasteiger partial charge is 0.340 e. The van der Waals surface area contributed by atoms with Crippen LogP contribution >= 0.6 is 0 Å². The van der Waals surface area contributed by atoms with Gasteiger partial charge >= 0.3 is 0 Å². The topological polar surface area (TPSA) is 113 Å². The lowest BCUT2D eigenvalue weighted by atomic mass is 10.3. The third-order valence-electron chi connectivity index (χ3n) is 2.94. The van der Waals surface area contributed by atoms with Gasteiger partial charge in [0.2, 0.25) is 10.0 Å². The van der Waals surface area contributed by atoms with Crippen LogP contribution < -0.4 is 10.0 Å². The molecule has 0 amide bonds. The van der Waals surface area contributed by atoms with Gasteiger partial charge in [0, 0.05) is 5.69 Å². The number of rotatable bonds is 4. The zero-order valence-corrected chi connectivity index (χ0v) is 11.8. The molecule has 0 spiro atoms. The number of nitrogens with zero attached hydrogens (tertiary/aromatic N) is 3. The van der Waals surface area contributed by atoms with E-state index < -0.39 is 10.0 Å². The van der Waals surface area contributed by atoms with Crippen molar-refractivity contribution < 1.29 is 8.42 Å². The Bertz CT molecular complexity index is 872. The third-order valence-corrected chi connectivity index (χ3v) is 4.37. The fraction of sp³-hybridized carbons (Fsp3) is 0.0833. The third kappa shape index (κ3) is 2.56. The monoisotopic (exact) mass is 304 g/mol. The molecule has 3 aromatic rings. The number of hydrogen-bond donors (Lipinski definition) is 3. The first-order valence-corrected chi connectivity index (χ1v) is 7.53. The first-order chi connectivity index (χ1) is 10.1. The summed E-state index contributed by atoms with van der Waals surface area (Å²) in [5.41, 5.74) is 1.34. The molecule has 8 nitrogen and oxygen atoms in total. The minimum absolute atomic E-state index is 0.201. The molecule has 0 aliphatic carbocycles. The maximum Gasteiger partial charge on any atom is 0.240 e. The molecule has 0 aliphatic heterocycles. The van der Waals surface area contributed by atoms with E-state index in [1.807, 2.05) is 0 Å². The predicted molar refractivity (Wildman–Crippen MR) is 77.7 cm³/mol. The smallest absolute Gasteiger partial charge is 0.240 e. The van der Waals surface area contributed by atoms with Crippen molar-refractivity contribution in [3.05, 3.63) is 36.8 Å². The first kappa shape index (κ1) is 13.5. The molecule has 2 aromatic heterocycles. The summed E-state index contributed by atoms with van der Waals surface area (Å²) < 4.78 is 25.6. The number of aromatic amines is 1. The van der Waals surface area contributed by atoms with Crippen LogP contribution in [0, 0.1) is 0 Å². The van der Waals surface area contributed by atoms with Gasteiger partial charge in [-0.2, -0.15) is 5.10 Å². The second-order valence-electron chi connectivity index (χ2n) is 4.21. The number of nitrogens with one attached hydrogen (secondary N) is 3. The standard InChI is InChI=1S/C12H12N6O2S/c1-13-21(19,20)9-4-2-8(3-5-9)17-11-10-6-16-18-12(10)15-7-14-11/h2-7,13H,1H3,(H2,14,15,16,17,18). The Kier molecular flexibility index (Phi) is 3.28. The fourth-order valence-corrected chi connectivity index (χ4v) is 2.57. The van der Waals surface area contributed by atoms with E-state index in [4.69, 9.17) is 0 Å². The van der Waals surface area contributed by atoms with Crippen LogP contribution in [-0.2, 0) is 10.0 Å². The molecule has 3 N–H and O–H groups in total.